The van der Waals surface area contributed by atoms with Crippen molar-refractivity contribution in [1.29, 1.82) is 0 Å². The maximum absolute atomic E-state index is 12.2. The van der Waals surface area contributed by atoms with Crippen molar-refractivity contribution in [2.24, 2.45) is 0 Å². The van der Waals surface area contributed by atoms with Crippen LogP contribution in [0.3, 0.4) is 0 Å². The van der Waals surface area contributed by atoms with Crippen LogP contribution < -0.4 is 10.7 Å². The van der Waals surface area contributed by atoms with Crippen LogP contribution in [0.4, 0.5) is 0 Å². The molecule has 1 aromatic carbocycles. The number of fused-ring (bicyclic) bond motifs is 1. The Labute approximate surface area is 121 Å². The van der Waals surface area contributed by atoms with Crippen LogP contribution >= 0.6 is 0 Å². The van der Waals surface area contributed by atoms with Crippen LogP contribution in [0, 0.1) is 6.92 Å². The molecule has 3 rings (SSSR count). The number of aromatic nitrogens is 1. The van der Waals surface area contributed by atoms with E-state index < -0.39 is 18.1 Å². The SMILES string of the molecule is Cc1cc(=O)c(C(=O)N[C@@H]2c3ccccc3C[C@@H]2O)c[nH]1. The Morgan fingerprint density at radius 3 is 2.90 bits per heavy atom. The normalized spacial score (nSPS) is 20.1. The monoisotopic (exact) mass is 284 g/mol. The molecule has 3 N–H and O–H groups in total. The van der Waals surface area contributed by atoms with E-state index >= 15 is 0 Å². The second kappa shape index (κ2) is 5.18. The highest BCUT2D eigenvalue weighted by Gasteiger charge is 2.32. The molecule has 2 atom stereocenters. The van der Waals surface area contributed by atoms with Crippen LogP contribution in [0.1, 0.15) is 33.2 Å². The van der Waals surface area contributed by atoms with Crippen LogP contribution in [0.15, 0.2) is 41.3 Å². The average molecular weight is 284 g/mol. The van der Waals surface area contributed by atoms with E-state index in [0.717, 1.165) is 11.1 Å². The Morgan fingerprint density at radius 2 is 2.14 bits per heavy atom. The second-order valence-corrected chi connectivity index (χ2v) is 5.32. The molecule has 1 aliphatic carbocycles. The van der Waals surface area contributed by atoms with Gasteiger partial charge in [0.25, 0.3) is 5.91 Å². The number of rotatable bonds is 2. The van der Waals surface area contributed by atoms with E-state index in [1.54, 1.807) is 6.92 Å². The Morgan fingerprint density at radius 1 is 1.38 bits per heavy atom. The van der Waals surface area contributed by atoms with Crippen molar-refractivity contribution < 1.29 is 9.90 Å². The summed E-state index contributed by atoms with van der Waals surface area (Å²) in [4.78, 5) is 26.9. The molecule has 0 spiro atoms. The molecule has 1 aromatic heterocycles. The van der Waals surface area contributed by atoms with E-state index in [-0.39, 0.29) is 11.0 Å². The van der Waals surface area contributed by atoms with Gasteiger partial charge in [-0.25, -0.2) is 0 Å². The van der Waals surface area contributed by atoms with Crippen LogP contribution in [0.5, 0.6) is 0 Å². The van der Waals surface area contributed by atoms with Crippen molar-refractivity contribution in [2.75, 3.05) is 0 Å². The highest BCUT2D eigenvalue weighted by molar-refractivity contribution is 5.94. The van der Waals surface area contributed by atoms with Crippen molar-refractivity contribution in [2.45, 2.75) is 25.5 Å². The van der Waals surface area contributed by atoms with Crippen molar-refractivity contribution in [1.82, 2.24) is 10.3 Å². The fourth-order valence-corrected chi connectivity index (χ4v) is 2.72. The number of aliphatic hydroxyl groups is 1. The Bertz CT molecular complexity index is 751. The molecule has 21 heavy (non-hydrogen) atoms. The number of nitrogens with one attached hydrogen (secondary N) is 2. The molecule has 1 heterocycles. The van der Waals surface area contributed by atoms with E-state index in [1.807, 2.05) is 24.3 Å². The van der Waals surface area contributed by atoms with Crippen molar-refractivity contribution in [3.05, 3.63) is 69.1 Å². The number of amides is 1. The summed E-state index contributed by atoms with van der Waals surface area (Å²) in [5.74, 6) is -0.475. The molecule has 1 amide bonds. The number of pyridine rings is 1. The minimum atomic E-state index is -0.670. The Hall–Kier alpha value is -2.40. The first-order chi connectivity index (χ1) is 10.1. The molecule has 1 aliphatic rings. The minimum Gasteiger partial charge on any atom is -0.390 e. The van der Waals surface area contributed by atoms with Crippen molar-refractivity contribution >= 4 is 5.91 Å². The summed E-state index contributed by atoms with van der Waals surface area (Å²) in [5, 5.41) is 12.9. The Balaban J connectivity index is 1.87. The quantitative estimate of drug-likeness (QED) is 0.771. The lowest BCUT2D eigenvalue weighted by atomic mass is 10.1. The van der Waals surface area contributed by atoms with Gasteiger partial charge < -0.3 is 15.4 Å². The number of aryl methyl sites for hydroxylation is 1. The van der Waals surface area contributed by atoms with Crippen LogP contribution in [-0.4, -0.2) is 22.1 Å². The van der Waals surface area contributed by atoms with Gasteiger partial charge in [-0.3, -0.25) is 9.59 Å². The fourth-order valence-electron chi connectivity index (χ4n) is 2.72. The first-order valence-electron chi connectivity index (χ1n) is 6.82. The zero-order chi connectivity index (χ0) is 15.0. The highest BCUT2D eigenvalue weighted by Crippen LogP contribution is 2.31. The summed E-state index contributed by atoms with van der Waals surface area (Å²) in [5.41, 5.74) is 2.35. The number of aliphatic hydroxyl groups excluding tert-OH is 1. The summed E-state index contributed by atoms with van der Waals surface area (Å²) in [7, 11) is 0. The van der Waals surface area contributed by atoms with E-state index in [9.17, 15) is 14.7 Å². The molecular weight excluding hydrogens is 268 g/mol. The van der Waals surface area contributed by atoms with Gasteiger partial charge in [-0.05, 0) is 18.1 Å². The summed E-state index contributed by atoms with van der Waals surface area (Å²) >= 11 is 0. The van der Waals surface area contributed by atoms with Gasteiger partial charge in [0, 0.05) is 24.4 Å². The van der Waals surface area contributed by atoms with Gasteiger partial charge in [0.1, 0.15) is 5.56 Å². The van der Waals surface area contributed by atoms with Gasteiger partial charge in [0.05, 0.1) is 12.1 Å². The standard InChI is InChI=1S/C16H16N2O3/c1-9-6-13(19)12(8-17-9)16(21)18-15-11-5-3-2-4-10(11)7-14(15)20/h2-6,8,14-15,20H,7H2,1H3,(H,17,19)(H,18,21)/t14-,15+/m0/s1. The number of hydrogen-bond acceptors (Lipinski definition) is 3. The van der Waals surface area contributed by atoms with Gasteiger partial charge in [0.15, 0.2) is 5.43 Å². The van der Waals surface area contributed by atoms with E-state index in [0.29, 0.717) is 12.1 Å². The number of carbonyl (C=O) groups excluding carboxylic acids is 1. The van der Waals surface area contributed by atoms with E-state index in [2.05, 4.69) is 10.3 Å². The zero-order valence-corrected chi connectivity index (χ0v) is 11.6. The van der Waals surface area contributed by atoms with Crippen molar-refractivity contribution in [3.63, 3.8) is 0 Å². The smallest absolute Gasteiger partial charge is 0.257 e. The lowest BCUT2D eigenvalue weighted by Gasteiger charge is -2.17. The van der Waals surface area contributed by atoms with E-state index in [1.165, 1.54) is 12.3 Å². The highest BCUT2D eigenvalue weighted by atomic mass is 16.3. The van der Waals surface area contributed by atoms with Crippen LogP contribution in [0.25, 0.3) is 0 Å². The molecule has 0 bridgehead atoms. The second-order valence-electron chi connectivity index (χ2n) is 5.32. The molecular formula is C16H16N2O3. The summed E-state index contributed by atoms with van der Waals surface area (Å²) in [6, 6.07) is 8.50. The molecule has 0 radical (unpaired) electrons. The molecule has 2 aromatic rings. The van der Waals surface area contributed by atoms with Crippen molar-refractivity contribution in [3.8, 4) is 0 Å². The molecule has 0 aliphatic heterocycles. The van der Waals surface area contributed by atoms with E-state index in [4.69, 9.17) is 0 Å². The number of aromatic amines is 1. The number of H-pyrrole nitrogens is 1. The van der Waals surface area contributed by atoms with Gasteiger partial charge in [-0.15, -0.1) is 0 Å². The zero-order valence-electron chi connectivity index (χ0n) is 11.6. The summed E-state index contributed by atoms with van der Waals surface area (Å²) < 4.78 is 0. The maximum atomic E-state index is 12.2. The molecule has 0 unspecified atom stereocenters. The average Bonchev–Trinajstić information content (AvgIpc) is 2.75. The maximum Gasteiger partial charge on any atom is 0.257 e. The first kappa shape index (κ1) is 13.6. The molecule has 0 saturated heterocycles. The first-order valence-corrected chi connectivity index (χ1v) is 6.82. The predicted molar refractivity (Wildman–Crippen MR) is 78.2 cm³/mol. The fraction of sp³-hybridized carbons (Fsp3) is 0.250. The summed E-state index contributed by atoms with van der Waals surface area (Å²) in [6.07, 6.45) is 1.24. The third-order valence-corrected chi connectivity index (χ3v) is 3.79. The Kier molecular flexibility index (Phi) is 3.35. The lowest BCUT2D eigenvalue weighted by molar-refractivity contribution is 0.0857. The van der Waals surface area contributed by atoms with Crippen LogP contribution in [-0.2, 0) is 6.42 Å². The largest absolute Gasteiger partial charge is 0.390 e. The number of carbonyl (C=O) groups is 1. The molecule has 0 fully saturated rings. The molecule has 5 heteroatoms. The third-order valence-electron chi connectivity index (χ3n) is 3.79. The minimum absolute atomic E-state index is 0.0529. The van der Waals surface area contributed by atoms with Gasteiger partial charge >= 0.3 is 0 Å². The molecule has 108 valence electrons. The van der Waals surface area contributed by atoms with Crippen LogP contribution in [0.2, 0.25) is 0 Å². The number of hydrogen-bond donors (Lipinski definition) is 3. The predicted octanol–water partition coefficient (Wildman–Crippen LogP) is 1.07. The number of benzene rings is 1. The van der Waals surface area contributed by atoms with Gasteiger partial charge in [-0.1, -0.05) is 24.3 Å². The lowest BCUT2D eigenvalue weighted by Crippen LogP contribution is -2.36. The molecule has 0 saturated carbocycles. The van der Waals surface area contributed by atoms with Gasteiger partial charge in [-0.2, -0.15) is 0 Å². The third kappa shape index (κ3) is 2.48. The topological polar surface area (TPSA) is 82.2 Å². The summed E-state index contributed by atoms with van der Waals surface area (Å²) in [6.45, 7) is 1.75. The van der Waals surface area contributed by atoms with Gasteiger partial charge in [0.2, 0.25) is 0 Å². The molecule has 5 nitrogen and oxygen atoms in total.